The van der Waals surface area contributed by atoms with Crippen molar-refractivity contribution in [2.24, 2.45) is 17.8 Å². The zero-order chi connectivity index (χ0) is 11.1. The van der Waals surface area contributed by atoms with E-state index in [1.165, 1.54) is 12.8 Å². The van der Waals surface area contributed by atoms with E-state index in [0.717, 1.165) is 24.2 Å². The van der Waals surface area contributed by atoms with Crippen molar-refractivity contribution < 1.29 is 0 Å². The van der Waals surface area contributed by atoms with E-state index in [1.807, 2.05) is 13.8 Å². The third kappa shape index (κ3) is 3.70. The SMILES string of the molecule is C1=CCC=C1.CC.CC1CC2C=CC1C2. The third-order valence-electron chi connectivity index (χ3n) is 3.27. The lowest BCUT2D eigenvalue weighted by Gasteiger charge is -2.09. The van der Waals surface area contributed by atoms with E-state index in [4.69, 9.17) is 0 Å². The molecule has 15 heavy (non-hydrogen) atoms. The number of rotatable bonds is 0. The quantitative estimate of drug-likeness (QED) is 0.500. The van der Waals surface area contributed by atoms with Crippen LogP contribution in [0.1, 0.15) is 40.0 Å². The summed E-state index contributed by atoms with van der Waals surface area (Å²) >= 11 is 0. The van der Waals surface area contributed by atoms with Gasteiger partial charge in [0.05, 0.1) is 0 Å². The summed E-state index contributed by atoms with van der Waals surface area (Å²) in [6.07, 6.45) is 17.2. The van der Waals surface area contributed by atoms with Crippen molar-refractivity contribution in [3.05, 3.63) is 36.5 Å². The molecule has 3 aliphatic carbocycles. The minimum Gasteiger partial charge on any atom is -0.0851 e. The van der Waals surface area contributed by atoms with Crippen LogP contribution in [0.3, 0.4) is 0 Å². The average Bonchev–Trinajstić information content (AvgIpc) is 3.00. The second-order valence-corrected chi connectivity index (χ2v) is 4.35. The Morgan fingerprint density at radius 1 is 0.933 bits per heavy atom. The first-order valence-corrected chi connectivity index (χ1v) is 6.36. The highest BCUT2D eigenvalue weighted by molar-refractivity contribution is 5.12. The Balaban J connectivity index is 0.000000140. The molecule has 0 heteroatoms. The standard InChI is InChI=1S/C8H12.C5H6.C2H6/c1-6-4-7-2-3-8(6)5-7;1-2-4-5-3-1;1-2/h2-3,6-8H,4-5H2,1H3;1-4H,5H2;1-2H3. The number of fused-ring (bicyclic) bond motifs is 2. The van der Waals surface area contributed by atoms with E-state index in [9.17, 15) is 0 Å². The Hall–Kier alpha value is -0.780. The lowest BCUT2D eigenvalue weighted by molar-refractivity contribution is 0.493. The topological polar surface area (TPSA) is 0 Å². The van der Waals surface area contributed by atoms with Crippen LogP contribution in [0.15, 0.2) is 36.5 Å². The monoisotopic (exact) mass is 204 g/mol. The van der Waals surface area contributed by atoms with Gasteiger partial charge in [-0.3, -0.25) is 0 Å². The van der Waals surface area contributed by atoms with E-state index in [1.54, 1.807) is 0 Å². The van der Waals surface area contributed by atoms with Gasteiger partial charge in [0, 0.05) is 0 Å². The summed E-state index contributed by atoms with van der Waals surface area (Å²) < 4.78 is 0. The Labute approximate surface area is 94.8 Å². The van der Waals surface area contributed by atoms with Crippen LogP contribution < -0.4 is 0 Å². The zero-order valence-corrected chi connectivity index (χ0v) is 10.3. The van der Waals surface area contributed by atoms with Crippen molar-refractivity contribution in [3.8, 4) is 0 Å². The highest BCUT2D eigenvalue weighted by Crippen LogP contribution is 2.42. The second-order valence-electron chi connectivity index (χ2n) is 4.35. The van der Waals surface area contributed by atoms with Gasteiger partial charge >= 0.3 is 0 Å². The van der Waals surface area contributed by atoms with Gasteiger partial charge in [0.15, 0.2) is 0 Å². The van der Waals surface area contributed by atoms with Gasteiger partial charge in [-0.2, -0.15) is 0 Å². The predicted octanol–water partition coefficient (Wildman–Crippen LogP) is 4.75. The van der Waals surface area contributed by atoms with E-state index < -0.39 is 0 Å². The summed E-state index contributed by atoms with van der Waals surface area (Å²) in [6.45, 7) is 6.37. The van der Waals surface area contributed by atoms with Crippen molar-refractivity contribution in [1.29, 1.82) is 0 Å². The van der Waals surface area contributed by atoms with Crippen LogP contribution in [-0.2, 0) is 0 Å². The maximum atomic E-state index is 2.40. The molecule has 0 amide bonds. The van der Waals surface area contributed by atoms with E-state index in [-0.39, 0.29) is 0 Å². The first-order valence-electron chi connectivity index (χ1n) is 6.36. The minimum absolute atomic E-state index is 0.958. The molecule has 0 spiro atoms. The normalized spacial score (nSPS) is 33.4. The number of hydrogen-bond acceptors (Lipinski definition) is 0. The fourth-order valence-electron chi connectivity index (χ4n) is 2.45. The first kappa shape index (κ1) is 12.3. The predicted molar refractivity (Wildman–Crippen MR) is 68.8 cm³/mol. The van der Waals surface area contributed by atoms with Gasteiger partial charge in [-0.15, -0.1) is 0 Å². The van der Waals surface area contributed by atoms with Gasteiger partial charge in [0.2, 0.25) is 0 Å². The van der Waals surface area contributed by atoms with Crippen molar-refractivity contribution in [2.45, 2.75) is 40.0 Å². The van der Waals surface area contributed by atoms with E-state index in [0.29, 0.717) is 0 Å². The summed E-state index contributed by atoms with van der Waals surface area (Å²) in [5.74, 6) is 2.92. The van der Waals surface area contributed by atoms with Crippen molar-refractivity contribution in [2.75, 3.05) is 0 Å². The average molecular weight is 204 g/mol. The smallest absolute Gasteiger partial charge is 0.0163 e. The van der Waals surface area contributed by atoms with Crippen LogP contribution in [0, 0.1) is 17.8 Å². The fraction of sp³-hybridized carbons (Fsp3) is 0.600. The molecule has 3 atom stereocenters. The zero-order valence-electron chi connectivity index (χ0n) is 10.3. The molecule has 2 bridgehead atoms. The lowest BCUT2D eigenvalue weighted by Crippen LogP contribution is -1.99. The molecule has 84 valence electrons. The van der Waals surface area contributed by atoms with Crippen molar-refractivity contribution in [1.82, 2.24) is 0 Å². The Kier molecular flexibility index (Phi) is 5.45. The molecule has 0 nitrogen and oxygen atoms in total. The maximum absolute atomic E-state index is 2.40. The second kappa shape index (κ2) is 6.66. The molecule has 3 rings (SSSR count). The van der Waals surface area contributed by atoms with Gasteiger partial charge < -0.3 is 0 Å². The van der Waals surface area contributed by atoms with Crippen molar-refractivity contribution in [3.63, 3.8) is 0 Å². The van der Waals surface area contributed by atoms with Crippen LogP contribution in [0.4, 0.5) is 0 Å². The summed E-state index contributed by atoms with van der Waals surface area (Å²) in [7, 11) is 0. The lowest BCUT2D eigenvalue weighted by atomic mass is 9.96. The highest BCUT2D eigenvalue weighted by atomic mass is 14.4. The van der Waals surface area contributed by atoms with Crippen LogP contribution in [-0.4, -0.2) is 0 Å². The maximum Gasteiger partial charge on any atom is -0.0163 e. The molecule has 0 radical (unpaired) electrons. The minimum atomic E-state index is 0.958. The van der Waals surface area contributed by atoms with Gasteiger partial charge in [0.1, 0.15) is 0 Å². The molecule has 0 aromatic rings. The summed E-state index contributed by atoms with van der Waals surface area (Å²) in [6, 6.07) is 0. The van der Waals surface area contributed by atoms with Crippen LogP contribution >= 0.6 is 0 Å². The molecular formula is C15H24. The molecule has 0 N–H and O–H groups in total. The first-order chi connectivity index (χ1) is 7.36. The Morgan fingerprint density at radius 2 is 1.60 bits per heavy atom. The van der Waals surface area contributed by atoms with Crippen LogP contribution in [0.25, 0.3) is 0 Å². The summed E-state index contributed by atoms with van der Waals surface area (Å²) in [4.78, 5) is 0. The molecule has 0 heterocycles. The summed E-state index contributed by atoms with van der Waals surface area (Å²) in [5.41, 5.74) is 0. The third-order valence-corrected chi connectivity index (χ3v) is 3.27. The van der Waals surface area contributed by atoms with Gasteiger partial charge in [-0.05, 0) is 37.0 Å². The van der Waals surface area contributed by atoms with Crippen LogP contribution in [0.5, 0.6) is 0 Å². The molecule has 1 saturated carbocycles. The highest BCUT2D eigenvalue weighted by Gasteiger charge is 2.32. The van der Waals surface area contributed by atoms with E-state index >= 15 is 0 Å². The van der Waals surface area contributed by atoms with Crippen LogP contribution in [0.2, 0.25) is 0 Å². The largest absolute Gasteiger partial charge is 0.0851 e. The molecule has 0 aromatic carbocycles. The summed E-state index contributed by atoms with van der Waals surface area (Å²) in [5, 5.41) is 0. The molecule has 1 fully saturated rings. The number of hydrogen-bond donors (Lipinski definition) is 0. The Morgan fingerprint density at radius 3 is 1.80 bits per heavy atom. The molecule has 0 aromatic heterocycles. The molecular weight excluding hydrogens is 180 g/mol. The fourth-order valence-corrected chi connectivity index (χ4v) is 2.45. The van der Waals surface area contributed by atoms with Crippen molar-refractivity contribution >= 4 is 0 Å². The van der Waals surface area contributed by atoms with Gasteiger partial charge in [-0.25, -0.2) is 0 Å². The molecule has 3 aliphatic rings. The molecule has 0 saturated heterocycles. The van der Waals surface area contributed by atoms with Gasteiger partial charge in [0.25, 0.3) is 0 Å². The molecule has 0 aliphatic heterocycles. The number of allylic oxidation sites excluding steroid dienone is 6. The van der Waals surface area contributed by atoms with Gasteiger partial charge in [-0.1, -0.05) is 57.2 Å². The van der Waals surface area contributed by atoms with E-state index in [2.05, 4.69) is 43.4 Å². The molecule has 3 unspecified atom stereocenters. The Bertz CT molecular complexity index is 235.